The van der Waals surface area contributed by atoms with Gasteiger partial charge in [-0.3, -0.25) is 0 Å². The van der Waals surface area contributed by atoms with Crippen molar-refractivity contribution in [2.24, 2.45) is 0 Å². The molecule has 0 amide bonds. The van der Waals surface area contributed by atoms with Crippen LogP contribution in [0.2, 0.25) is 0 Å². The molecule has 0 radical (unpaired) electrons. The van der Waals surface area contributed by atoms with E-state index in [4.69, 9.17) is 0 Å². The van der Waals surface area contributed by atoms with E-state index in [2.05, 4.69) is 44.9 Å². The van der Waals surface area contributed by atoms with Gasteiger partial charge in [0.25, 0.3) is 0 Å². The van der Waals surface area contributed by atoms with Gasteiger partial charge >= 0.3 is 0 Å². The van der Waals surface area contributed by atoms with Gasteiger partial charge in [0, 0.05) is 0 Å². The van der Waals surface area contributed by atoms with Crippen molar-refractivity contribution in [3.63, 3.8) is 0 Å². The lowest BCUT2D eigenvalue weighted by Crippen LogP contribution is -2.05. The summed E-state index contributed by atoms with van der Waals surface area (Å²) in [6.07, 6.45) is 0. The number of benzene rings is 2. The smallest absolute Gasteiger partial charge is 0.177 e. The second kappa shape index (κ2) is 4.79. The highest BCUT2D eigenvalue weighted by atomic mass is 15.5. The summed E-state index contributed by atoms with van der Waals surface area (Å²) in [5, 5.41) is 14.4. The normalized spacial score (nSPS) is 10.7. The number of hydrogen-bond acceptors (Lipinski definition) is 3. The first-order valence-electron chi connectivity index (χ1n) is 5.78. The van der Waals surface area contributed by atoms with Crippen LogP contribution < -0.4 is 0 Å². The Morgan fingerprint density at radius 2 is 1.33 bits per heavy atom. The Morgan fingerprint density at radius 1 is 0.778 bits per heavy atom. The second-order valence-corrected chi connectivity index (χ2v) is 4.02. The maximum Gasteiger partial charge on any atom is 0.186 e. The summed E-state index contributed by atoms with van der Waals surface area (Å²) in [7, 11) is 0. The Labute approximate surface area is 105 Å². The summed E-state index contributed by atoms with van der Waals surface area (Å²) in [5.41, 5.74) is 2.32. The van der Waals surface area contributed by atoms with E-state index in [1.54, 1.807) is 0 Å². The van der Waals surface area contributed by atoms with Crippen molar-refractivity contribution in [2.75, 3.05) is 0 Å². The molecule has 1 heterocycles. The molecule has 0 atom stereocenters. The SMILES string of the molecule is c1ccc(C(c2ccccc2)c2nn[nH]n2)cc1. The van der Waals surface area contributed by atoms with E-state index in [9.17, 15) is 0 Å². The minimum absolute atomic E-state index is 0.0196. The fourth-order valence-electron chi connectivity index (χ4n) is 2.07. The first-order valence-corrected chi connectivity index (χ1v) is 5.78. The van der Waals surface area contributed by atoms with Crippen molar-refractivity contribution < 1.29 is 0 Å². The van der Waals surface area contributed by atoms with Crippen LogP contribution in [0.4, 0.5) is 0 Å². The molecular formula is C14H12N4. The molecule has 1 N–H and O–H groups in total. The molecule has 0 aliphatic carbocycles. The van der Waals surface area contributed by atoms with Gasteiger partial charge in [0.1, 0.15) is 0 Å². The van der Waals surface area contributed by atoms with Crippen LogP contribution in [0.5, 0.6) is 0 Å². The fourth-order valence-corrected chi connectivity index (χ4v) is 2.07. The zero-order chi connectivity index (χ0) is 12.2. The highest BCUT2D eigenvalue weighted by Crippen LogP contribution is 2.28. The molecule has 3 rings (SSSR count). The van der Waals surface area contributed by atoms with E-state index in [0.29, 0.717) is 5.82 Å². The van der Waals surface area contributed by atoms with Crippen molar-refractivity contribution in [1.82, 2.24) is 20.6 Å². The highest BCUT2D eigenvalue weighted by Gasteiger charge is 2.20. The number of aromatic amines is 1. The minimum Gasteiger partial charge on any atom is -0.177 e. The fraction of sp³-hybridized carbons (Fsp3) is 0.0714. The minimum atomic E-state index is 0.0196. The average molecular weight is 236 g/mol. The second-order valence-electron chi connectivity index (χ2n) is 4.02. The van der Waals surface area contributed by atoms with E-state index in [1.165, 1.54) is 0 Å². The highest BCUT2D eigenvalue weighted by molar-refractivity contribution is 5.37. The van der Waals surface area contributed by atoms with Gasteiger partial charge in [0.05, 0.1) is 5.92 Å². The largest absolute Gasteiger partial charge is 0.186 e. The Hall–Kier alpha value is -2.49. The zero-order valence-electron chi connectivity index (χ0n) is 9.69. The van der Waals surface area contributed by atoms with E-state index in [1.807, 2.05) is 36.4 Å². The summed E-state index contributed by atoms with van der Waals surface area (Å²) in [4.78, 5) is 0. The van der Waals surface area contributed by atoms with Gasteiger partial charge in [-0.25, -0.2) is 0 Å². The predicted molar refractivity (Wildman–Crippen MR) is 68.0 cm³/mol. The number of nitrogens with one attached hydrogen (secondary N) is 1. The molecular weight excluding hydrogens is 224 g/mol. The average Bonchev–Trinajstić information content (AvgIpc) is 2.95. The van der Waals surface area contributed by atoms with Crippen molar-refractivity contribution in [3.8, 4) is 0 Å². The molecule has 0 spiro atoms. The van der Waals surface area contributed by atoms with Crippen molar-refractivity contribution in [3.05, 3.63) is 77.6 Å². The molecule has 88 valence electrons. The van der Waals surface area contributed by atoms with Crippen LogP contribution in [-0.2, 0) is 0 Å². The molecule has 18 heavy (non-hydrogen) atoms. The maximum atomic E-state index is 4.12. The van der Waals surface area contributed by atoms with Gasteiger partial charge in [-0.05, 0) is 11.1 Å². The number of nitrogens with zero attached hydrogens (tertiary/aromatic N) is 3. The lowest BCUT2D eigenvalue weighted by molar-refractivity contribution is 0.861. The topological polar surface area (TPSA) is 54.5 Å². The predicted octanol–water partition coefficient (Wildman–Crippen LogP) is 2.38. The molecule has 2 aromatic carbocycles. The molecule has 3 aromatic rings. The first-order chi connectivity index (χ1) is 8.95. The molecule has 0 fully saturated rings. The summed E-state index contributed by atoms with van der Waals surface area (Å²) in [6, 6.07) is 20.4. The molecule has 4 nitrogen and oxygen atoms in total. The van der Waals surface area contributed by atoms with Gasteiger partial charge in [-0.1, -0.05) is 65.9 Å². The summed E-state index contributed by atoms with van der Waals surface area (Å²) >= 11 is 0. The molecule has 0 saturated heterocycles. The van der Waals surface area contributed by atoms with Crippen LogP contribution in [0.15, 0.2) is 60.7 Å². The molecule has 0 aliphatic heterocycles. The lowest BCUT2D eigenvalue weighted by Gasteiger charge is -2.13. The summed E-state index contributed by atoms with van der Waals surface area (Å²) in [6.45, 7) is 0. The van der Waals surface area contributed by atoms with E-state index >= 15 is 0 Å². The lowest BCUT2D eigenvalue weighted by atomic mass is 9.91. The number of hydrogen-bond donors (Lipinski definition) is 1. The quantitative estimate of drug-likeness (QED) is 0.759. The van der Waals surface area contributed by atoms with Crippen LogP contribution in [0.1, 0.15) is 22.9 Å². The van der Waals surface area contributed by atoms with Gasteiger partial charge < -0.3 is 0 Å². The van der Waals surface area contributed by atoms with Crippen LogP contribution in [0, 0.1) is 0 Å². The van der Waals surface area contributed by atoms with Gasteiger partial charge in [-0.15, -0.1) is 10.2 Å². The van der Waals surface area contributed by atoms with Crippen molar-refractivity contribution >= 4 is 0 Å². The maximum absolute atomic E-state index is 4.12. The third-order valence-electron chi connectivity index (χ3n) is 2.89. The number of tetrazole rings is 1. The molecule has 0 saturated carbocycles. The number of rotatable bonds is 3. The van der Waals surface area contributed by atoms with Crippen LogP contribution in [0.25, 0.3) is 0 Å². The number of aromatic nitrogens is 4. The van der Waals surface area contributed by atoms with Crippen molar-refractivity contribution in [1.29, 1.82) is 0 Å². The Bertz CT molecular complexity index is 551. The Kier molecular flexibility index (Phi) is 2.84. The molecule has 0 aliphatic rings. The third kappa shape index (κ3) is 2.00. The molecule has 0 bridgehead atoms. The zero-order valence-corrected chi connectivity index (χ0v) is 9.69. The third-order valence-corrected chi connectivity index (χ3v) is 2.89. The van der Waals surface area contributed by atoms with Gasteiger partial charge in [0.2, 0.25) is 0 Å². The molecule has 1 aromatic heterocycles. The van der Waals surface area contributed by atoms with E-state index in [0.717, 1.165) is 11.1 Å². The van der Waals surface area contributed by atoms with Crippen LogP contribution in [-0.4, -0.2) is 20.6 Å². The monoisotopic (exact) mass is 236 g/mol. The number of H-pyrrole nitrogens is 1. The Balaban J connectivity index is 2.11. The summed E-state index contributed by atoms with van der Waals surface area (Å²) < 4.78 is 0. The molecule has 0 unspecified atom stereocenters. The van der Waals surface area contributed by atoms with Crippen LogP contribution in [0.3, 0.4) is 0 Å². The molecule has 4 heteroatoms. The summed E-state index contributed by atoms with van der Waals surface area (Å²) in [5.74, 6) is 0.707. The van der Waals surface area contributed by atoms with Gasteiger partial charge in [-0.2, -0.15) is 5.21 Å². The van der Waals surface area contributed by atoms with Crippen LogP contribution >= 0.6 is 0 Å². The van der Waals surface area contributed by atoms with E-state index < -0.39 is 0 Å². The van der Waals surface area contributed by atoms with E-state index in [-0.39, 0.29) is 5.92 Å². The first kappa shape index (κ1) is 10.7. The standard InChI is InChI=1S/C14H12N4/c1-3-7-11(8-4-1)13(14-15-17-18-16-14)12-9-5-2-6-10-12/h1-10,13H,(H,15,16,17,18). The Morgan fingerprint density at radius 3 is 1.78 bits per heavy atom. The van der Waals surface area contributed by atoms with Crippen molar-refractivity contribution in [2.45, 2.75) is 5.92 Å². The van der Waals surface area contributed by atoms with Gasteiger partial charge in [0.15, 0.2) is 5.82 Å².